The van der Waals surface area contributed by atoms with Crippen LogP contribution in [0, 0.1) is 5.92 Å². The normalized spacial score (nSPS) is 22.3. The molecule has 0 aromatic rings. The highest BCUT2D eigenvalue weighted by molar-refractivity contribution is 5.86. The number of carbonyl (C=O) groups excluding carboxylic acids is 2. The first-order valence-electron chi connectivity index (χ1n) is 4.95. The molecular formula is C9H15N3O4. The van der Waals surface area contributed by atoms with Gasteiger partial charge in [0.05, 0.1) is 0 Å². The highest BCUT2D eigenvalue weighted by Crippen LogP contribution is 2.28. The van der Waals surface area contributed by atoms with E-state index in [0.29, 0.717) is 5.92 Å². The fraction of sp³-hybridized carbons (Fsp3) is 0.667. The lowest BCUT2D eigenvalue weighted by Gasteiger charge is -2.19. The number of hydrogen-bond donors (Lipinski definition) is 3. The summed E-state index contributed by atoms with van der Waals surface area (Å²) in [6.07, 6.45) is 0.878. The Bertz CT molecular complexity index is 302. The van der Waals surface area contributed by atoms with Gasteiger partial charge in [-0.2, -0.15) is 0 Å². The second-order valence-corrected chi connectivity index (χ2v) is 3.99. The van der Waals surface area contributed by atoms with Crippen molar-refractivity contribution in [1.29, 1.82) is 0 Å². The molecule has 1 rings (SSSR count). The maximum absolute atomic E-state index is 11.6. The Labute approximate surface area is 92.6 Å². The summed E-state index contributed by atoms with van der Waals surface area (Å²) in [6.45, 7) is 1.05. The van der Waals surface area contributed by atoms with Crippen molar-refractivity contribution in [3.63, 3.8) is 0 Å². The number of carboxylic acid groups (broad SMARTS) is 1. The number of hydrogen-bond acceptors (Lipinski definition) is 3. The Morgan fingerprint density at radius 2 is 2.00 bits per heavy atom. The van der Waals surface area contributed by atoms with Crippen LogP contribution in [0.5, 0.6) is 0 Å². The minimum atomic E-state index is -1.18. The summed E-state index contributed by atoms with van der Waals surface area (Å²) in [5.74, 6) is -1.51. The Balaban J connectivity index is 2.49. The van der Waals surface area contributed by atoms with E-state index in [9.17, 15) is 14.4 Å². The fourth-order valence-corrected chi connectivity index (χ4v) is 1.32. The number of carbonyl (C=O) groups is 3. The summed E-state index contributed by atoms with van der Waals surface area (Å²) >= 11 is 0. The first-order chi connectivity index (χ1) is 7.40. The van der Waals surface area contributed by atoms with E-state index in [4.69, 9.17) is 10.8 Å². The largest absolute Gasteiger partial charge is 0.480 e. The van der Waals surface area contributed by atoms with Crippen LogP contribution >= 0.6 is 0 Å². The molecule has 1 fully saturated rings. The maximum Gasteiger partial charge on any atom is 0.323 e. The lowest BCUT2D eigenvalue weighted by Crippen LogP contribution is -2.47. The minimum absolute atomic E-state index is 0.0803. The van der Waals surface area contributed by atoms with Crippen molar-refractivity contribution in [2.45, 2.75) is 19.4 Å². The third-order valence-corrected chi connectivity index (χ3v) is 2.38. The SMILES string of the molecule is CC1CC1NC(=O)N(CC(N)=O)CC(=O)O. The summed E-state index contributed by atoms with van der Waals surface area (Å²) in [5.41, 5.74) is 4.93. The zero-order valence-corrected chi connectivity index (χ0v) is 8.97. The molecule has 0 aromatic heterocycles. The summed E-state index contributed by atoms with van der Waals surface area (Å²) in [5, 5.41) is 11.2. The summed E-state index contributed by atoms with van der Waals surface area (Å²) < 4.78 is 0. The molecular weight excluding hydrogens is 214 g/mol. The van der Waals surface area contributed by atoms with Gasteiger partial charge in [-0.1, -0.05) is 6.92 Å². The number of aliphatic carboxylic acids is 1. The molecule has 2 unspecified atom stereocenters. The third kappa shape index (κ3) is 3.76. The molecule has 4 N–H and O–H groups in total. The number of nitrogens with zero attached hydrogens (tertiary/aromatic N) is 1. The quantitative estimate of drug-likeness (QED) is 0.559. The number of urea groups is 1. The first-order valence-corrected chi connectivity index (χ1v) is 4.95. The molecule has 90 valence electrons. The Morgan fingerprint density at radius 3 is 2.38 bits per heavy atom. The standard InChI is InChI=1S/C9H15N3O4/c1-5-2-6(5)11-9(16)12(3-7(10)13)4-8(14)15/h5-6H,2-4H2,1H3,(H2,10,13)(H,11,16)(H,14,15). The van der Waals surface area contributed by atoms with Crippen molar-refractivity contribution in [3.8, 4) is 0 Å². The summed E-state index contributed by atoms with van der Waals surface area (Å²) in [7, 11) is 0. The third-order valence-electron chi connectivity index (χ3n) is 2.38. The zero-order chi connectivity index (χ0) is 12.3. The van der Waals surface area contributed by atoms with Crippen LogP contribution in [0.25, 0.3) is 0 Å². The van der Waals surface area contributed by atoms with Gasteiger partial charge in [0.1, 0.15) is 13.1 Å². The van der Waals surface area contributed by atoms with E-state index >= 15 is 0 Å². The van der Waals surface area contributed by atoms with Crippen molar-refractivity contribution in [2.75, 3.05) is 13.1 Å². The van der Waals surface area contributed by atoms with Gasteiger partial charge in [0.25, 0.3) is 0 Å². The monoisotopic (exact) mass is 229 g/mol. The van der Waals surface area contributed by atoms with Crippen molar-refractivity contribution in [2.24, 2.45) is 11.7 Å². The van der Waals surface area contributed by atoms with Crippen molar-refractivity contribution < 1.29 is 19.5 Å². The van der Waals surface area contributed by atoms with Gasteiger partial charge < -0.3 is 21.1 Å². The van der Waals surface area contributed by atoms with E-state index in [1.165, 1.54) is 0 Å². The summed E-state index contributed by atoms with van der Waals surface area (Å²) in [6, 6.07) is -0.479. The topological polar surface area (TPSA) is 113 Å². The fourth-order valence-electron chi connectivity index (χ4n) is 1.32. The second kappa shape index (κ2) is 4.82. The lowest BCUT2D eigenvalue weighted by molar-refractivity contribution is -0.137. The van der Waals surface area contributed by atoms with E-state index in [2.05, 4.69) is 5.32 Å². The number of carboxylic acids is 1. The predicted molar refractivity (Wildman–Crippen MR) is 54.5 cm³/mol. The molecule has 0 spiro atoms. The molecule has 7 nitrogen and oxygen atoms in total. The van der Waals surface area contributed by atoms with E-state index in [1.807, 2.05) is 6.92 Å². The van der Waals surface area contributed by atoms with Gasteiger partial charge in [0.15, 0.2) is 0 Å². The van der Waals surface area contributed by atoms with Crippen molar-refractivity contribution in [3.05, 3.63) is 0 Å². The van der Waals surface area contributed by atoms with E-state index in [-0.39, 0.29) is 12.6 Å². The molecule has 1 aliphatic rings. The predicted octanol–water partition coefficient (Wildman–Crippen LogP) is -1.02. The van der Waals surface area contributed by atoms with Crippen LogP contribution < -0.4 is 11.1 Å². The highest BCUT2D eigenvalue weighted by Gasteiger charge is 2.35. The average molecular weight is 229 g/mol. The molecule has 0 aromatic carbocycles. The van der Waals surface area contributed by atoms with Gasteiger partial charge in [-0.25, -0.2) is 4.79 Å². The number of rotatable bonds is 5. The van der Waals surface area contributed by atoms with Gasteiger partial charge in [-0.05, 0) is 12.3 Å². The van der Waals surface area contributed by atoms with Crippen LogP contribution in [0.15, 0.2) is 0 Å². The average Bonchev–Trinajstić information content (AvgIpc) is 2.78. The molecule has 16 heavy (non-hydrogen) atoms. The van der Waals surface area contributed by atoms with Crippen LogP contribution in [0.3, 0.4) is 0 Å². The van der Waals surface area contributed by atoms with E-state index in [1.54, 1.807) is 0 Å². The molecule has 3 amide bonds. The number of nitrogens with one attached hydrogen (secondary N) is 1. The number of nitrogens with two attached hydrogens (primary N) is 1. The first kappa shape index (κ1) is 12.3. The van der Waals surface area contributed by atoms with Gasteiger partial charge in [0.2, 0.25) is 5.91 Å². The highest BCUT2D eigenvalue weighted by atomic mass is 16.4. The minimum Gasteiger partial charge on any atom is -0.480 e. The molecule has 0 saturated heterocycles. The van der Waals surface area contributed by atoms with Crippen LogP contribution in [0.4, 0.5) is 4.79 Å². The molecule has 2 atom stereocenters. The Kier molecular flexibility index (Phi) is 3.70. The smallest absolute Gasteiger partial charge is 0.323 e. The molecule has 1 aliphatic carbocycles. The van der Waals surface area contributed by atoms with Gasteiger partial charge in [-0.3, -0.25) is 9.59 Å². The van der Waals surface area contributed by atoms with Crippen LogP contribution in [0.1, 0.15) is 13.3 Å². The van der Waals surface area contributed by atoms with Crippen molar-refractivity contribution >= 4 is 17.9 Å². The Hall–Kier alpha value is -1.79. The van der Waals surface area contributed by atoms with Crippen LogP contribution in [-0.2, 0) is 9.59 Å². The summed E-state index contributed by atoms with van der Waals surface area (Å²) in [4.78, 5) is 33.6. The van der Waals surface area contributed by atoms with Gasteiger partial charge in [0, 0.05) is 6.04 Å². The van der Waals surface area contributed by atoms with Gasteiger partial charge >= 0.3 is 12.0 Å². The molecule has 1 saturated carbocycles. The molecule has 0 bridgehead atoms. The molecule has 7 heteroatoms. The van der Waals surface area contributed by atoms with Gasteiger partial charge in [-0.15, -0.1) is 0 Å². The zero-order valence-electron chi connectivity index (χ0n) is 8.97. The van der Waals surface area contributed by atoms with Crippen LogP contribution in [0.2, 0.25) is 0 Å². The molecule has 0 aliphatic heterocycles. The molecule has 0 radical (unpaired) electrons. The van der Waals surface area contributed by atoms with Crippen molar-refractivity contribution in [1.82, 2.24) is 10.2 Å². The second-order valence-electron chi connectivity index (χ2n) is 3.99. The van der Waals surface area contributed by atoms with E-state index < -0.39 is 24.5 Å². The molecule has 0 heterocycles. The maximum atomic E-state index is 11.6. The van der Waals surface area contributed by atoms with Crippen LogP contribution in [-0.4, -0.2) is 47.0 Å². The Morgan fingerprint density at radius 1 is 1.44 bits per heavy atom. The van der Waals surface area contributed by atoms with E-state index in [0.717, 1.165) is 11.3 Å². The number of amides is 3. The lowest BCUT2D eigenvalue weighted by atomic mass is 10.4. The number of primary amides is 1.